The Balaban J connectivity index is 2.05. The van der Waals surface area contributed by atoms with E-state index in [-0.39, 0.29) is 4.56 Å². The fourth-order valence-electron chi connectivity index (χ4n) is 4.74. The summed E-state index contributed by atoms with van der Waals surface area (Å²) in [4.78, 5) is 0.502. The van der Waals surface area contributed by atoms with Crippen LogP contribution in [0.25, 0.3) is 0 Å². The summed E-state index contributed by atoms with van der Waals surface area (Å²) in [5.41, 5.74) is 0. The minimum Gasteiger partial charge on any atom is -0.364 e. The molecule has 1 aliphatic rings. The third-order valence-electron chi connectivity index (χ3n) is 6.48. The lowest BCUT2D eigenvalue weighted by Crippen LogP contribution is -2.66. The lowest BCUT2D eigenvalue weighted by molar-refractivity contribution is 0.0714. The van der Waals surface area contributed by atoms with E-state index in [0.717, 1.165) is 0 Å². The Bertz CT molecular complexity index is 724. The van der Waals surface area contributed by atoms with Crippen LogP contribution in [0.5, 0.6) is 0 Å². The summed E-state index contributed by atoms with van der Waals surface area (Å²) in [5.74, 6) is 0. The zero-order chi connectivity index (χ0) is 20.4. The van der Waals surface area contributed by atoms with E-state index in [1.54, 1.807) is 0 Å². The average molecular weight is 447 g/mol. The van der Waals surface area contributed by atoms with Crippen LogP contribution in [0.4, 0.5) is 0 Å². The maximum absolute atomic E-state index is 7.04. The summed E-state index contributed by atoms with van der Waals surface area (Å²) < 4.78 is 7.09. The van der Waals surface area contributed by atoms with Gasteiger partial charge in [-0.15, -0.1) is 11.8 Å². The smallest absolute Gasteiger partial charge is 0.130 e. The first-order chi connectivity index (χ1) is 13.3. The van der Waals surface area contributed by atoms with Crippen LogP contribution in [0.3, 0.4) is 0 Å². The van der Waals surface area contributed by atoms with Gasteiger partial charge >= 0.3 is 0 Å². The van der Waals surface area contributed by atoms with Gasteiger partial charge in [-0.2, -0.15) is 11.8 Å². The highest BCUT2D eigenvalue weighted by Gasteiger charge is 2.54. The molecule has 2 aromatic rings. The number of ether oxygens (including phenoxy) is 1. The molecule has 0 aromatic heterocycles. The highest BCUT2D eigenvalue weighted by molar-refractivity contribution is 8.02. The molecule has 0 aliphatic carbocycles. The average Bonchev–Trinajstić information content (AvgIpc) is 3.15. The molecule has 0 spiro atoms. The Labute approximate surface area is 182 Å². The summed E-state index contributed by atoms with van der Waals surface area (Å²) in [7, 11) is -3.43. The Morgan fingerprint density at radius 3 is 1.75 bits per heavy atom. The predicted molar refractivity (Wildman–Crippen MR) is 135 cm³/mol. The van der Waals surface area contributed by atoms with Crippen LogP contribution < -0.4 is 10.4 Å². The summed E-state index contributed by atoms with van der Waals surface area (Å²) in [6.07, 6.45) is 7.24. The molecule has 0 bridgehead atoms. The van der Waals surface area contributed by atoms with Gasteiger partial charge < -0.3 is 4.74 Å². The molecule has 0 radical (unpaired) electrons. The molecule has 0 saturated carbocycles. The fraction of sp³-hybridized carbons (Fsp3) is 0.478. The molecular formula is C23H34OS2Si2. The molecule has 0 N–H and O–H groups in total. The molecule has 1 saturated heterocycles. The van der Waals surface area contributed by atoms with Gasteiger partial charge in [0.05, 0.1) is 14.2 Å². The van der Waals surface area contributed by atoms with Crippen molar-refractivity contribution < 1.29 is 4.74 Å². The molecule has 1 heterocycles. The summed E-state index contributed by atoms with van der Waals surface area (Å²) in [6.45, 7) is 9.94. The molecule has 1 fully saturated rings. The van der Waals surface area contributed by atoms with E-state index in [0.29, 0.717) is 11.0 Å². The van der Waals surface area contributed by atoms with Crippen molar-refractivity contribution in [3.05, 3.63) is 60.7 Å². The Hall–Kier alpha value is -0.466. The van der Waals surface area contributed by atoms with Crippen LogP contribution in [0.1, 0.15) is 12.8 Å². The summed E-state index contributed by atoms with van der Waals surface area (Å²) >= 11 is 3.99. The highest BCUT2D eigenvalue weighted by Crippen LogP contribution is 2.48. The van der Waals surface area contributed by atoms with Gasteiger partial charge in [0, 0.05) is 4.87 Å². The number of thioether (sulfide) groups is 2. The molecule has 2 aromatic carbocycles. The Morgan fingerprint density at radius 1 is 0.893 bits per heavy atom. The molecule has 28 heavy (non-hydrogen) atoms. The first-order valence-corrected chi connectivity index (χ1v) is 18.7. The van der Waals surface area contributed by atoms with Gasteiger partial charge in [-0.1, -0.05) is 97.2 Å². The van der Waals surface area contributed by atoms with E-state index in [9.17, 15) is 0 Å². The van der Waals surface area contributed by atoms with Gasteiger partial charge in [-0.3, -0.25) is 0 Å². The van der Waals surface area contributed by atoms with Crippen LogP contribution in [0, 0.1) is 0 Å². The molecule has 5 heteroatoms. The van der Waals surface area contributed by atoms with E-state index < -0.39 is 16.1 Å². The fourth-order valence-corrected chi connectivity index (χ4v) is 16.1. The Morgan fingerprint density at radius 2 is 1.39 bits per heavy atom. The lowest BCUT2D eigenvalue weighted by atomic mass is 10.2. The zero-order valence-corrected chi connectivity index (χ0v) is 21.7. The first kappa shape index (κ1) is 22.2. The second-order valence-electron chi connectivity index (χ2n) is 8.99. The molecule has 3 atom stereocenters. The van der Waals surface area contributed by atoms with E-state index in [2.05, 4.69) is 99.4 Å². The molecule has 1 aliphatic heterocycles. The summed E-state index contributed by atoms with van der Waals surface area (Å²) in [5, 5.41) is 3.03. The van der Waals surface area contributed by atoms with Crippen molar-refractivity contribution >= 4 is 50.0 Å². The SMILES string of the molecule is CSC(C1CCC(SC)([Si](C)(C)C)O1)[Si](C)(c1ccccc1)c1ccccc1. The van der Waals surface area contributed by atoms with Gasteiger partial charge in [-0.05, 0) is 25.4 Å². The maximum atomic E-state index is 7.04. The van der Waals surface area contributed by atoms with Crippen LogP contribution in [0.2, 0.25) is 26.2 Å². The molecular weight excluding hydrogens is 413 g/mol. The van der Waals surface area contributed by atoms with Crippen molar-refractivity contribution in [2.45, 2.75) is 54.6 Å². The second kappa shape index (κ2) is 8.72. The van der Waals surface area contributed by atoms with Crippen molar-refractivity contribution in [1.82, 2.24) is 0 Å². The van der Waals surface area contributed by atoms with E-state index >= 15 is 0 Å². The third-order valence-corrected chi connectivity index (χ3v) is 20.1. The van der Waals surface area contributed by atoms with Gasteiger partial charge in [0.25, 0.3) is 0 Å². The number of hydrogen-bond donors (Lipinski definition) is 0. The molecule has 3 rings (SSSR count). The number of rotatable bonds is 7. The van der Waals surface area contributed by atoms with E-state index in [1.165, 1.54) is 23.2 Å². The Kier molecular flexibility index (Phi) is 6.92. The standard InChI is InChI=1S/C23H34OS2Si2/c1-25-22(21-17-18-23(24-21,26-2)27(3,4)5)28(6,19-13-9-7-10-14-19)20-15-11-8-12-16-20/h7-16,21-22H,17-18H2,1-6H3. The quantitative estimate of drug-likeness (QED) is 0.537. The van der Waals surface area contributed by atoms with E-state index in [1.807, 2.05) is 23.5 Å². The largest absolute Gasteiger partial charge is 0.364 e. The van der Waals surface area contributed by atoms with Crippen LogP contribution in [-0.4, -0.2) is 44.2 Å². The van der Waals surface area contributed by atoms with E-state index in [4.69, 9.17) is 4.74 Å². The van der Waals surface area contributed by atoms with Crippen molar-refractivity contribution in [1.29, 1.82) is 0 Å². The van der Waals surface area contributed by atoms with Gasteiger partial charge in [0.2, 0.25) is 0 Å². The van der Waals surface area contributed by atoms with Crippen molar-refractivity contribution in [3.63, 3.8) is 0 Å². The second-order valence-corrected chi connectivity index (χ2v) is 21.3. The van der Waals surface area contributed by atoms with Crippen molar-refractivity contribution in [3.8, 4) is 0 Å². The highest BCUT2D eigenvalue weighted by atomic mass is 32.2. The number of hydrogen-bond acceptors (Lipinski definition) is 3. The van der Waals surface area contributed by atoms with Crippen LogP contribution >= 0.6 is 23.5 Å². The lowest BCUT2D eigenvalue weighted by Gasteiger charge is -2.42. The minimum atomic E-state index is -1.99. The minimum absolute atomic E-state index is 0.0499. The normalized spacial score (nSPS) is 24.3. The molecule has 3 unspecified atom stereocenters. The molecule has 1 nitrogen and oxygen atoms in total. The van der Waals surface area contributed by atoms with Crippen LogP contribution in [0.15, 0.2) is 60.7 Å². The van der Waals surface area contributed by atoms with Crippen LogP contribution in [-0.2, 0) is 4.74 Å². The summed E-state index contributed by atoms with van der Waals surface area (Å²) in [6, 6.07) is 22.4. The monoisotopic (exact) mass is 446 g/mol. The van der Waals surface area contributed by atoms with Gasteiger partial charge in [-0.25, -0.2) is 0 Å². The van der Waals surface area contributed by atoms with Crippen molar-refractivity contribution in [2.75, 3.05) is 12.5 Å². The number of benzene rings is 2. The maximum Gasteiger partial charge on any atom is 0.130 e. The molecule has 152 valence electrons. The van der Waals surface area contributed by atoms with Crippen molar-refractivity contribution in [2.24, 2.45) is 0 Å². The third kappa shape index (κ3) is 3.93. The zero-order valence-electron chi connectivity index (χ0n) is 18.1. The molecule has 0 amide bonds. The van der Waals surface area contributed by atoms with Gasteiger partial charge in [0.1, 0.15) is 12.6 Å². The first-order valence-electron chi connectivity index (χ1n) is 10.2. The topological polar surface area (TPSA) is 9.23 Å². The predicted octanol–water partition coefficient (Wildman–Crippen LogP) is 5.27. The van der Waals surface area contributed by atoms with Gasteiger partial charge in [0.15, 0.2) is 0 Å².